The summed E-state index contributed by atoms with van der Waals surface area (Å²) >= 11 is 1.59. The highest BCUT2D eigenvalue weighted by atomic mass is 32.1. The van der Waals surface area contributed by atoms with Gasteiger partial charge in [0.25, 0.3) is 11.2 Å². The fourth-order valence-electron chi connectivity index (χ4n) is 4.44. The predicted molar refractivity (Wildman–Crippen MR) is 114 cm³/mol. The molecule has 30 heavy (non-hydrogen) atoms. The van der Waals surface area contributed by atoms with E-state index in [-0.39, 0.29) is 23.7 Å². The molecule has 0 unspecified atom stereocenters. The normalized spacial score (nSPS) is 15.7. The molecule has 154 valence electrons. The number of aromatic nitrogens is 2. The smallest absolute Gasteiger partial charge is 0.271 e. The van der Waals surface area contributed by atoms with E-state index in [1.165, 1.54) is 32.8 Å². The summed E-state index contributed by atoms with van der Waals surface area (Å²) < 4.78 is 1.37. The minimum absolute atomic E-state index is 0.0466. The highest BCUT2D eigenvalue weighted by Crippen LogP contribution is 2.33. The summed E-state index contributed by atoms with van der Waals surface area (Å²) in [5, 5.41) is 11.8. The van der Waals surface area contributed by atoms with Crippen LogP contribution in [-0.4, -0.2) is 26.9 Å². The molecule has 0 saturated heterocycles. The number of hydrogen-bond donors (Lipinski definition) is 0. The number of aryl methyl sites for hydroxylation is 2. The largest absolute Gasteiger partial charge is 0.310 e. The van der Waals surface area contributed by atoms with Crippen molar-refractivity contribution in [2.75, 3.05) is 11.4 Å². The highest BCUT2D eigenvalue weighted by Gasteiger charge is 2.27. The minimum Gasteiger partial charge on any atom is -0.310 e. The Bertz CT molecular complexity index is 1250. The van der Waals surface area contributed by atoms with Gasteiger partial charge >= 0.3 is 0 Å². The van der Waals surface area contributed by atoms with Crippen molar-refractivity contribution in [2.24, 2.45) is 0 Å². The number of fused-ring (bicyclic) bond motifs is 4. The molecule has 1 aromatic carbocycles. The van der Waals surface area contributed by atoms with Gasteiger partial charge < -0.3 is 4.90 Å². The molecule has 1 amide bonds. The number of carbonyl (C=O) groups excluding carboxylic acids is 1. The molecule has 9 heteroatoms. The number of anilines is 1. The van der Waals surface area contributed by atoms with Gasteiger partial charge in [-0.25, -0.2) is 4.98 Å². The Morgan fingerprint density at radius 2 is 2.03 bits per heavy atom. The number of benzene rings is 1. The zero-order valence-corrected chi connectivity index (χ0v) is 17.1. The molecule has 2 aromatic heterocycles. The summed E-state index contributed by atoms with van der Waals surface area (Å²) in [6.45, 7) is 0.322. The Hall–Kier alpha value is -3.07. The van der Waals surface area contributed by atoms with Crippen molar-refractivity contribution in [1.29, 1.82) is 0 Å². The molecule has 0 saturated carbocycles. The van der Waals surface area contributed by atoms with Crippen LogP contribution in [0.5, 0.6) is 0 Å². The Kier molecular flexibility index (Phi) is 4.62. The first-order chi connectivity index (χ1) is 14.5. The molecule has 5 rings (SSSR count). The molecule has 0 bridgehead atoms. The first kappa shape index (κ1) is 18.9. The maximum Gasteiger partial charge on any atom is 0.271 e. The quantitative estimate of drug-likeness (QED) is 0.365. The average Bonchev–Trinajstić information content (AvgIpc) is 3.24. The van der Waals surface area contributed by atoms with Gasteiger partial charge in [0, 0.05) is 23.6 Å². The van der Waals surface area contributed by atoms with E-state index in [0.717, 1.165) is 48.1 Å². The molecule has 1 aliphatic carbocycles. The summed E-state index contributed by atoms with van der Waals surface area (Å²) in [6.07, 6.45) is 7.32. The zero-order chi connectivity index (χ0) is 20.8. The van der Waals surface area contributed by atoms with Crippen molar-refractivity contribution in [3.8, 4) is 0 Å². The number of rotatable bonds is 3. The van der Waals surface area contributed by atoms with Gasteiger partial charge in [0.05, 0.1) is 22.3 Å². The van der Waals surface area contributed by atoms with E-state index in [0.29, 0.717) is 24.0 Å². The van der Waals surface area contributed by atoms with Crippen LogP contribution in [0.15, 0.2) is 29.3 Å². The molecule has 3 aromatic rings. The van der Waals surface area contributed by atoms with Crippen LogP contribution in [0.1, 0.15) is 35.3 Å². The summed E-state index contributed by atoms with van der Waals surface area (Å²) in [4.78, 5) is 44.8. The number of thiophene rings is 1. The molecule has 3 heterocycles. The lowest BCUT2D eigenvalue weighted by atomic mass is 10.1. The molecular weight excluding hydrogens is 404 g/mol. The van der Waals surface area contributed by atoms with Gasteiger partial charge in [-0.2, -0.15) is 0 Å². The van der Waals surface area contributed by atoms with Gasteiger partial charge in [0.1, 0.15) is 11.4 Å². The van der Waals surface area contributed by atoms with Crippen LogP contribution in [0.4, 0.5) is 11.4 Å². The monoisotopic (exact) mass is 424 g/mol. The van der Waals surface area contributed by atoms with Gasteiger partial charge in [0.15, 0.2) is 0 Å². The Morgan fingerprint density at radius 1 is 1.20 bits per heavy atom. The molecule has 0 fully saturated rings. The van der Waals surface area contributed by atoms with Crippen molar-refractivity contribution in [3.63, 3.8) is 0 Å². The second-order valence-corrected chi connectivity index (χ2v) is 8.87. The summed E-state index contributed by atoms with van der Waals surface area (Å²) in [5.41, 5.74) is 2.34. The number of hydrogen-bond acceptors (Lipinski definition) is 6. The van der Waals surface area contributed by atoms with Crippen molar-refractivity contribution in [3.05, 3.63) is 61.0 Å². The number of nitro benzene ring substituents is 1. The van der Waals surface area contributed by atoms with Gasteiger partial charge in [-0.15, -0.1) is 11.3 Å². The molecule has 0 spiro atoms. The van der Waals surface area contributed by atoms with Crippen molar-refractivity contribution >= 4 is 38.8 Å². The van der Waals surface area contributed by atoms with E-state index >= 15 is 0 Å². The fraction of sp³-hybridized carbons (Fsp3) is 0.381. The van der Waals surface area contributed by atoms with Gasteiger partial charge in [-0.1, -0.05) is 12.5 Å². The number of carbonyl (C=O) groups is 1. The number of amides is 1. The second kappa shape index (κ2) is 7.32. The fourth-order valence-corrected chi connectivity index (χ4v) is 5.66. The standard InChI is InChI=1S/C21H20N4O4S/c26-18(24-9-8-13-6-7-14(25(28)29)10-16(13)24)11-23-12-22-20-19(21(23)27)15-4-2-1-3-5-17(15)30-20/h6-7,10,12H,1-5,8-9,11H2. The molecule has 1 aliphatic heterocycles. The molecule has 0 atom stereocenters. The lowest BCUT2D eigenvalue weighted by Gasteiger charge is -2.17. The minimum atomic E-state index is -0.466. The Balaban J connectivity index is 1.47. The molecule has 0 radical (unpaired) electrons. The average molecular weight is 424 g/mol. The van der Waals surface area contributed by atoms with Crippen LogP contribution in [0.3, 0.4) is 0 Å². The topological polar surface area (TPSA) is 98.3 Å². The van der Waals surface area contributed by atoms with E-state index in [1.807, 2.05) is 0 Å². The number of non-ortho nitro benzene ring substituents is 1. The molecule has 0 N–H and O–H groups in total. The second-order valence-electron chi connectivity index (χ2n) is 7.79. The molecular formula is C21H20N4O4S. The lowest BCUT2D eigenvalue weighted by molar-refractivity contribution is -0.384. The summed E-state index contributed by atoms with van der Waals surface area (Å²) in [5.74, 6) is -0.265. The van der Waals surface area contributed by atoms with Crippen LogP contribution in [0.25, 0.3) is 10.2 Å². The van der Waals surface area contributed by atoms with E-state index in [4.69, 9.17) is 0 Å². The first-order valence-corrected chi connectivity index (χ1v) is 10.9. The van der Waals surface area contributed by atoms with E-state index in [1.54, 1.807) is 17.4 Å². The van der Waals surface area contributed by atoms with Gasteiger partial charge in [-0.05, 0) is 43.2 Å². The van der Waals surface area contributed by atoms with Crippen molar-refractivity contribution in [1.82, 2.24) is 9.55 Å². The maximum atomic E-state index is 13.2. The number of nitrogens with zero attached hydrogens (tertiary/aromatic N) is 4. The third-order valence-corrected chi connectivity index (χ3v) is 7.17. The van der Waals surface area contributed by atoms with Crippen LogP contribution >= 0.6 is 11.3 Å². The van der Waals surface area contributed by atoms with Crippen LogP contribution in [-0.2, 0) is 30.6 Å². The van der Waals surface area contributed by atoms with E-state index in [9.17, 15) is 19.7 Å². The van der Waals surface area contributed by atoms with Crippen LogP contribution in [0.2, 0.25) is 0 Å². The predicted octanol–water partition coefficient (Wildman–Crippen LogP) is 3.22. The lowest BCUT2D eigenvalue weighted by Crippen LogP contribution is -2.35. The maximum absolute atomic E-state index is 13.2. The zero-order valence-electron chi connectivity index (χ0n) is 16.3. The van der Waals surface area contributed by atoms with E-state index in [2.05, 4.69) is 4.98 Å². The van der Waals surface area contributed by atoms with E-state index < -0.39 is 4.92 Å². The van der Waals surface area contributed by atoms with Gasteiger partial charge in [-0.3, -0.25) is 24.3 Å². The van der Waals surface area contributed by atoms with Crippen molar-refractivity contribution in [2.45, 2.75) is 45.1 Å². The Morgan fingerprint density at radius 3 is 2.87 bits per heavy atom. The van der Waals surface area contributed by atoms with Crippen LogP contribution < -0.4 is 10.5 Å². The van der Waals surface area contributed by atoms with Gasteiger partial charge in [0.2, 0.25) is 5.91 Å². The number of nitro groups is 1. The summed E-state index contributed by atoms with van der Waals surface area (Å²) in [6, 6.07) is 4.59. The molecule has 8 nitrogen and oxygen atoms in total. The highest BCUT2D eigenvalue weighted by molar-refractivity contribution is 7.18. The van der Waals surface area contributed by atoms with Crippen molar-refractivity contribution < 1.29 is 9.72 Å². The van der Waals surface area contributed by atoms with Crippen LogP contribution in [0, 0.1) is 10.1 Å². The first-order valence-electron chi connectivity index (χ1n) is 10.1. The third kappa shape index (κ3) is 3.09. The third-order valence-electron chi connectivity index (χ3n) is 5.97. The Labute approximate surface area is 175 Å². The molecule has 2 aliphatic rings. The SMILES string of the molecule is O=C(Cn1cnc2sc3c(c2c1=O)CCCCC3)N1CCc2ccc([N+](=O)[O-])cc21. The summed E-state index contributed by atoms with van der Waals surface area (Å²) in [7, 11) is 0.